The van der Waals surface area contributed by atoms with Crippen molar-refractivity contribution < 1.29 is 9.59 Å². The van der Waals surface area contributed by atoms with E-state index in [1.165, 1.54) is 24.0 Å². The first-order valence-electron chi connectivity index (χ1n) is 11.3. The van der Waals surface area contributed by atoms with Crippen LogP contribution in [0.5, 0.6) is 0 Å². The molecule has 2 aliphatic heterocycles. The number of aromatic nitrogens is 1. The van der Waals surface area contributed by atoms with Crippen LogP contribution in [0.4, 0.5) is 16.3 Å². The highest BCUT2D eigenvalue weighted by Gasteiger charge is 2.32. The Bertz CT molecular complexity index is 1060. The number of pyridine rings is 1. The number of benzene rings is 1. The van der Waals surface area contributed by atoms with Gasteiger partial charge in [-0.05, 0) is 55.0 Å². The molecule has 8 heteroatoms. The van der Waals surface area contributed by atoms with Crippen LogP contribution in [-0.4, -0.2) is 73.0 Å². The summed E-state index contributed by atoms with van der Waals surface area (Å²) in [7, 11) is 1.76. The molecule has 2 aromatic rings. The number of amides is 3. The van der Waals surface area contributed by atoms with Crippen LogP contribution >= 0.6 is 11.6 Å². The minimum Gasteiger partial charge on any atom is -0.353 e. The van der Waals surface area contributed by atoms with Gasteiger partial charge in [-0.2, -0.15) is 0 Å². The van der Waals surface area contributed by atoms with Gasteiger partial charge in [-0.3, -0.25) is 9.69 Å². The summed E-state index contributed by atoms with van der Waals surface area (Å²) in [6.45, 7) is 5.98. The van der Waals surface area contributed by atoms with Crippen molar-refractivity contribution in [3.8, 4) is 0 Å². The minimum atomic E-state index is -0.109. The second-order valence-electron chi connectivity index (χ2n) is 8.98. The zero-order valence-electron chi connectivity index (χ0n) is 18.6. The van der Waals surface area contributed by atoms with E-state index in [0.29, 0.717) is 48.4 Å². The number of carbonyl (C=O) groups is 2. The highest BCUT2D eigenvalue weighted by Crippen LogP contribution is 2.40. The molecule has 1 saturated carbocycles. The van der Waals surface area contributed by atoms with E-state index < -0.39 is 0 Å². The fraction of sp³-hybridized carbons (Fsp3) is 0.458. The molecular formula is C24H28ClN5O2. The molecule has 1 aliphatic carbocycles. The largest absolute Gasteiger partial charge is 0.353 e. The zero-order chi connectivity index (χ0) is 22.4. The van der Waals surface area contributed by atoms with Gasteiger partial charge in [-0.15, -0.1) is 0 Å². The third-order valence-electron chi connectivity index (χ3n) is 6.68. The van der Waals surface area contributed by atoms with Gasteiger partial charge in [0.15, 0.2) is 0 Å². The summed E-state index contributed by atoms with van der Waals surface area (Å²) in [5.74, 6) is 1.65. The first kappa shape index (κ1) is 21.1. The lowest BCUT2D eigenvalue weighted by molar-refractivity contribution is 0.0747. The SMILES string of the molecule is Cc1cc(C2CC2)cnc1N1CCN(C(=O)c2ccc(Cl)cc2N2CCN(C)C2=O)CC1. The predicted molar refractivity (Wildman–Crippen MR) is 126 cm³/mol. The van der Waals surface area contributed by atoms with Gasteiger partial charge >= 0.3 is 6.03 Å². The number of hydrogen-bond acceptors (Lipinski definition) is 4. The molecular weight excluding hydrogens is 426 g/mol. The lowest BCUT2D eigenvalue weighted by Gasteiger charge is -2.36. The molecule has 5 rings (SSSR count). The van der Waals surface area contributed by atoms with Gasteiger partial charge in [0.25, 0.3) is 5.91 Å². The Morgan fingerprint density at radius 3 is 2.44 bits per heavy atom. The van der Waals surface area contributed by atoms with Crippen molar-refractivity contribution in [2.75, 3.05) is 56.1 Å². The molecule has 3 heterocycles. The van der Waals surface area contributed by atoms with Crippen molar-refractivity contribution in [2.45, 2.75) is 25.7 Å². The van der Waals surface area contributed by atoms with Crippen LogP contribution < -0.4 is 9.80 Å². The Labute approximate surface area is 193 Å². The molecule has 2 saturated heterocycles. The lowest BCUT2D eigenvalue weighted by atomic mass is 10.1. The quantitative estimate of drug-likeness (QED) is 0.707. The smallest absolute Gasteiger partial charge is 0.324 e. The summed E-state index contributed by atoms with van der Waals surface area (Å²) >= 11 is 6.22. The highest BCUT2D eigenvalue weighted by atomic mass is 35.5. The van der Waals surface area contributed by atoms with E-state index in [4.69, 9.17) is 16.6 Å². The summed E-state index contributed by atoms with van der Waals surface area (Å²) in [6.07, 6.45) is 4.56. The summed E-state index contributed by atoms with van der Waals surface area (Å²) in [5.41, 5.74) is 3.66. The number of anilines is 2. The maximum absolute atomic E-state index is 13.4. The molecule has 0 N–H and O–H groups in total. The second kappa shape index (κ2) is 8.28. The van der Waals surface area contributed by atoms with Gasteiger partial charge < -0.3 is 14.7 Å². The number of piperazine rings is 1. The first-order chi connectivity index (χ1) is 15.4. The highest BCUT2D eigenvalue weighted by molar-refractivity contribution is 6.31. The van der Waals surface area contributed by atoms with Gasteiger partial charge in [-0.1, -0.05) is 17.7 Å². The summed E-state index contributed by atoms with van der Waals surface area (Å²) in [6, 6.07) is 7.33. The molecule has 1 aromatic heterocycles. The van der Waals surface area contributed by atoms with Crippen molar-refractivity contribution in [1.29, 1.82) is 0 Å². The molecule has 0 spiro atoms. The van der Waals surface area contributed by atoms with E-state index in [-0.39, 0.29) is 11.9 Å². The van der Waals surface area contributed by atoms with E-state index >= 15 is 0 Å². The molecule has 1 aromatic carbocycles. The summed E-state index contributed by atoms with van der Waals surface area (Å²) in [4.78, 5) is 38.1. The lowest BCUT2D eigenvalue weighted by Crippen LogP contribution is -2.49. The van der Waals surface area contributed by atoms with Crippen LogP contribution in [0.2, 0.25) is 5.02 Å². The maximum Gasteiger partial charge on any atom is 0.324 e. The number of halogens is 1. The third-order valence-corrected chi connectivity index (χ3v) is 6.92. The van der Waals surface area contributed by atoms with Crippen LogP contribution in [0.15, 0.2) is 30.5 Å². The first-order valence-corrected chi connectivity index (χ1v) is 11.6. The molecule has 0 atom stereocenters. The van der Waals surface area contributed by atoms with Gasteiger partial charge in [-0.25, -0.2) is 9.78 Å². The van der Waals surface area contributed by atoms with Crippen LogP contribution in [0.3, 0.4) is 0 Å². The van der Waals surface area contributed by atoms with Crippen LogP contribution in [0, 0.1) is 6.92 Å². The monoisotopic (exact) mass is 453 g/mol. The second-order valence-corrected chi connectivity index (χ2v) is 9.42. The fourth-order valence-corrected chi connectivity index (χ4v) is 4.80. The van der Waals surface area contributed by atoms with Gasteiger partial charge in [0, 0.05) is 57.5 Å². The number of urea groups is 1. The van der Waals surface area contributed by atoms with Crippen molar-refractivity contribution in [2.24, 2.45) is 0 Å². The van der Waals surface area contributed by atoms with Crippen molar-refractivity contribution in [1.82, 2.24) is 14.8 Å². The molecule has 0 bridgehead atoms. The van der Waals surface area contributed by atoms with Crippen LogP contribution in [-0.2, 0) is 0 Å². The Morgan fingerprint density at radius 2 is 1.81 bits per heavy atom. The normalized spacial score (nSPS) is 19.2. The predicted octanol–water partition coefficient (Wildman–Crippen LogP) is 3.76. The van der Waals surface area contributed by atoms with E-state index in [2.05, 4.69) is 17.9 Å². The molecule has 3 aliphatic rings. The van der Waals surface area contributed by atoms with Crippen molar-refractivity contribution >= 4 is 35.0 Å². The number of aryl methyl sites for hydroxylation is 1. The Kier molecular flexibility index (Phi) is 5.45. The number of carbonyl (C=O) groups excluding carboxylic acids is 2. The van der Waals surface area contributed by atoms with Gasteiger partial charge in [0.05, 0.1) is 11.3 Å². The molecule has 3 amide bonds. The summed E-state index contributed by atoms with van der Waals surface area (Å²) in [5, 5.41) is 0.514. The molecule has 3 fully saturated rings. The van der Waals surface area contributed by atoms with Gasteiger partial charge in [0.1, 0.15) is 5.82 Å². The number of likely N-dealkylation sites (N-methyl/N-ethyl adjacent to an activating group) is 1. The van der Waals surface area contributed by atoms with E-state index in [1.807, 2.05) is 11.1 Å². The Hall–Kier alpha value is -2.80. The van der Waals surface area contributed by atoms with Gasteiger partial charge in [0.2, 0.25) is 0 Å². The number of hydrogen-bond donors (Lipinski definition) is 0. The van der Waals surface area contributed by atoms with Crippen molar-refractivity contribution in [3.63, 3.8) is 0 Å². The standard InChI is InChI=1S/C24H28ClN5O2/c1-16-13-18(17-3-4-17)15-26-22(16)28-8-10-29(11-9-28)23(31)20-6-5-19(25)14-21(20)30-12-7-27(2)24(30)32/h5-6,13-15,17H,3-4,7-12H2,1-2H3. The minimum absolute atomic E-state index is 0.0626. The van der Waals surface area contributed by atoms with E-state index in [1.54, 1.807) is 35.0 Å². The molecule has 7 nitrogen and oxygen atoms in total. The van der Waals surface area contributed by atoms with Crippen LogP contribution in [0.1, 0.15) is 40.2 Å². The average Bonchev–Trinajstić information content (AvgIpc) is 3.59. The topological polar surface area (TPSA) is 60.0 Å². The molecule has 0 unspecified atom stereocenters. The molecule has 0 radical (unpaired) electrons. The average molecular weight is 454 g/mol. The fourth-order valence-electron chi connectivity index (χ4n) is 4.63. The third kappa shape index (κ3) is 3.90. The Balaban J connectivity index is 1.30. The van der Waals surface area contributed by atoms with Crippen molar-refractivity contribution in [3.05, 3.63) is 52.2 Å². The van der Waals surface area contributed by atoms with E-state index in [9.17, 15) is 9.59 Å². The molecule has 32 heavy (non-hydrogen) atoms. The zero-order valence-corrected chi connectivity index (χ0v) is 19.3. The number of nitrogens with zero attached hydrogens (tertiary/aromatic N) is 5. The Morgan fingerprint density at radius 1 is 1.06 bits per heavy atom. The number of rotatable bonds is 4. The van der Waals surface area contributed by atoms with Crippen LogP contribution in [0.25, 0.3) is 0 Å². The maximum atomic E-state index is 13.4. The summed E-state index contributed by atoms with van der Waals surface area (Å²) < 4.78 is 0. The van der Waals surface area contributed by atoms with E-state index in [0.717, 1.165) is 18.9 Å². The molecule has 168 valence electrons.